The van der Waals surface area contributed by atoms with Gasteiger partial charge in [-0.05, 0) is 36.9 Å². The van der Waals surface area contributed by atoms with Gasteiger partial charge in [-0.1, -0.05) is 38.1 Å². The molecule has 0 unspecified atom stereocenters. The smallest absolute Gasteiger partial charge is 0.232 e. The van der Waals surface area contributed by atoms with Gasteiger partial charge in [0, 0.05) is 23.8 Å². The zero-order chi connectivity index (χ0) is 21.1. The highest BCUT2D eigenvalue weighted by Crippen LogP contribution is 2.41. The lowest BCUT2D eigenvalue weighted by Gasteiger charge is -2.08. The van der Waals surface area contributed by atoms with Gasteiger partial charge < -0.3 is 4.42 Å². The molecule has 3 nitrogen and oxygen atoms in total. The lowest BCUT2D eigenvalue weighted by Crippen LogP contribution is -2.31. The Labute approximate surface area is 162 Å². The molecule has 27 heavy (non-hydrogen) atoms. The number of aryl methyl sites for hydroxylation is 2. The number of benzene rings is 2. The normalized spacial score (nSPS) is 12.9. The van der Waals surface area contributed by atoms with E-state index < -0.39 is 5.89 Å². The van der Waals surface area contributed by atoms with Gasteiger partial charge in [-0.25, -0.2) is 9.41 Å². The third-order valence-electron chi connectivity index (χ3n) is 5.16. The van der Waals surface area contributed by atoms with Gasteiger partial charge in [0.2, 0.25) is 11.4 Å². The second-order valence-electron chi connectivity index (χ2n) is 7.26. The number of rotatable bonds is 2. The van der Waals surface area contributed by atoms with Gasteiger partial charge in [0.1, 0.15) is 19.6 Å². The lowest BCUT2D eigenvalue weighted by molar-refractivity contribution is -0.660. The van der Waals surface area contributed by atoms with E-state index in [4.69, 9.17) is 13.7 Å². The van der Waals surface area contributed by atoms with Gasteiger partial charge in [-0.2, -0.15) is 0 Å². The minimum absolute atomic E-state index is 0.313. The molecule has 3 heteroatoms. The number of aromatic nitrogens is 1. The first kappa shape index (κ1) is 15.0. The Morgan fingerprint density at radius 1 is 1.04 bits per heavy atom. The van der Waals surface area contributed by atoms with Crippen molar-refractivity contribution in [1.29, 1.82) is 0 Å². The molecule has 4 aromatic rings. The largest absolute Gasteiger partial charge is 0.466 e. The van der Waals surface area contributed by atoms with Crippen LogP contribution in [-0.4, -0.2) is 0 Å². The third kappa shape index (κ3) is 2.61. The highest BCUT2D eigenvalue weighted by Gasteiger charge is 2.22. The minimum Gasteiger partial charge on any atom is -0.466 e. The molecule has 2 heterocycles. The van der Waals surface area contributed by atoms with E-state index in [2.05, 4.69) is 10.9 Å². The van der Waals surface area contributed by atoms with Gasteiger partial charge in [0.05, 0.1) is 12.1 Å². The summed E-state index contributed by atoms with van der Waals surface area (Å²) in [4.78, 5) is 3.69. The monoisotopic (exact) mass is 357 g/mol. The number of pyridine rings is 1. The molecule has 0 spiro atoms. The molecule has 4 rings (SSSR count). The summed E-state index contributed by atoms with van der Waals surface area (Å²) in [6.07, 6.45) is 0.313. The SMILES string of the molecule is [2H]c1c(C([2H])(C)C)ccc(-c2c(C)ccc3c2oc2c([N+]#[C-])c(C)ccc23)[n+]1C. The fraction of sp³-hybridized carbons (Fsp3) is 0.250. The van der Waals surface area contributed by atoms with Crippen molar-refractivity contribution in [2.45, 2.75) is 33.6 Å². The summed E-state index contributed by atoms with van der Waals surface area (Å²) < 4.78 is 25.0. The van der Waals surface area contributed by atoms with Crippen LogP contribution in [0.4, 0.5) is 5.69 Å². The van der Waals surface area contributed by atoms with Gasteiger partial charge in [-0.15, -0.1) is 0 Å². The van der Waals surface area contributed by atoms with E-state index in [0.717, 1.165) is 38.7 Å². The molecule has 2 aromatic heterocycles. The number of furan rings is 1. The standard InChI is InChI=1S/C24H23N2O/c1-14(2)17-9-12-20(26(6)13-17)21-15(3)7-10-18-19-11-8-16(4)22(25-5)24(19)27-23(18)21/h7-14H,1-4,6H3/q+1/i13D,14D. The van der Waals surface area contributed by atoms with E-state index in [0.29, 0.717) is 23.0 Å². The number of nitrogens with zero attached hydrogens (tertiary/aromatic N) is 2. The van der Waals surface area contributed by atoms with Crippen LogP contribution in [0.1, 0.15) is 39.2 Å². The van der Waals surface area contributed by atoms with Crippen LogP contribution in [0.15, 0.2) is 47.0 Å². The molecule has 134 valence electrons. The molecular formula is C24H23N2O+. The van der Waals surface area contributed by atoms with Crippen LogP contribution < -0.4 is 4.57 Å². The van der Waals surface area contributed by atoms with Gasteiger partial charge >= 0.3 is 0 Å². The summed E-state index contributed by atoms with van der Waals surface area (Å²) in [6.45, 7) is 15.1. The van der Waals surface area contributed by atoms with Gasteiger partial charge in [0.25, 0.3) is 0 Å². The molecule has 0 fully saturated rings. The molecule has 0 N–H and O–H groups in total. The predicted octanol–water partition coefficient (Wildman–Crippen LogP) is 6.37. The molecule has 0 aliphatic heterocycles. The Bertz CT molecular complexity index is 1340. The second-order valence-corrected chi connectivity index (χ2v) is 7.26. The average molecular weight is 357 g/mol. The summed E-state index contributed by atoms with van der Waals surface area (Å²) in [5.41, 5.74) is 6.24. The summed E-state index contributed by atoms with van der Waals surface area (Å²) >= 11 is 0. The van der Waals surface area contributed by atoms with Crippen LogP contribution >= 0.6 is 0 Å². The van der Waals surface area contributed by atoms with Crippen LogP contribution in [0.5, 0.6) is 0 Å². The lowest BCUT2D eigenvalue weighted by atomic mass is 9.98. The van der Waals surface area contributed by atoms with Gasteiger partial charge in [0.15, 0.2) is 6.17 Å². The Morgan fingerprint density at radius 2 is 1.70 bits per heavy atom. The van der Waals surface area contributed by atoms with Crippen molar-refractivity contribution in [2.24, 2.45) is 7.05 Å². The van der Waals surface area contributed by atoms with E-state index >= 15 is 0 Å². The van der Waals surface area contributed by atoms with Crippen molar-refractivity contribution in [1.82, 2.24) is 0 Å². The highest BCUT2D eigenvalue weighted by atomic mass is 16.3. The fourth-order valence-electron chi connectivity index (χ4n) is 3.63. The summed E-state index contributed by atoms with van der Waals surface area (Å²) in [6, 6.07) is 11.9. The van der Waals surface area contributed by atoms with Crippen molar-refractivity contribution >= 4 is 27.6 Å². The Morgan fingerprint density at radius 3 is 2.37 bits per heavy atom. The van der Waals surface area contributed by atoms with E-state index in [-0.39, 0.29) is 0 Å². The first-order chi connectivity index (χ1) is 13.6. The van der Waals surface area contributed by atoms with Crippen molar-refractivity contribution < 1.29 is 11.7 Å². The van der Waals surface area contributed by atoms with E-state index in [1.54, 1.807) is 13.8 Å². The minimum atomic E-state index is -0.851. The maximum absolute atomic E-state index is 8.59. The first-order valence-electron chi connectivity index (χ1n) is 9.98. The maximum atomic E-state index is 8.59. The van der Waals surface area contributed by atoms with Crippen LogP contribution in [0.3, 0.4) is 0 Å². The van der Waals surface area contributed by atoms with E-state index in [1.165, 1.54) is 0 Å². The molecule has 0 atom stereocenters. The summed E-state index contributed by atoms with van der Waals surface area (Å²) in [7, 11) is 1.85. The molecule has 2 aromatic carbocycles. The Kier molecular flexibility index (Phi) is 3.47. The zero-order valence-corrected chi connectivity index (χ0v) is 16.3. The molecule has 0 amide bonds. The highest BCUT2D eigenvalue weighted by molar-refractivity contribution is 6.13. The van der Waals surface area contributed by atoms with E-state index in [1.807, 2.05) is 55.8 Å². The molecule has 0 saturated heterocycles. The quantitative estimate of drug-likeness (QED) is 0.302. The molecular weight excluding hydrogens is 332 g/mol. The van der Waals surface area contributed by atoms with Crippen LogP contribution in [0.2, 0.25) is 0 Å². The molecule has 0 radical (unpaired) electrons. The Hall–Kier alpha value is -3.12. The van der Waals surface area contributed by atoms with Crippen molar-refractivity contribution in [2.75, 3.05) is 0 Å². The third-order valence-corrected chi connectivity index (χ3v) is 5.16. The molecule has 0 saturated carbocycles. The zero-order valence-electron chi connectivity index (χ0n) is 18.3. The summed E-state index contributed by atoms with van der Waals surface area (Å²) in [5, 5.41) is 1.89. The first-order valence-corrected chi connectivity index (χ1v) is 8.98. The van der Waals surface area contributed by atoms with Gasteiger partial charge in [-0.3, -0.25) is 0 Å². The number of fused-ring (bicyclic) bond motifs is 3. The second kappa shape index (κ2) is 6.25. The van der Waals surface area contributed by atoms with Crippen molar-refractivity contribution in [3.05, 3.63) is 70.7 Å². The van der Waals surface area contributed by atoms with Crippen LogP contribution in [0.25, 0.3) is 38.0 Å². The topological polar surface area (TPSA) is 21.4 Å². The summed E-state index contributed by atoms with van der Waals surface area (Å²) in [5.74, 6) is -0.851. The Balaban J connectivity index is 2.10. The molecule has 0 aliphatic carbocycles. The van der Waals surface area contributed by atoms with Crippen LogP contribution in [-0.2, 0) is 7.05 Å². The van der Waals surface area contributed by atoms with E-state index in [9.17, 15) is 0 Å². The number of hydrogen-bond acceptors (Lipinski definition) is 1. The maximum Gasteiger partial charge on any atom is 0.232 e. The number of hydrogen-bond donors (Lipinski definition) is 0. The van der Waals surface area contributed by atoms with Crippen molar-refractivity contribution in [3.63, 3.8) is 0 Å². The molecule has 0 aliphatic rings. The van der Waals surface area contributed by atoms with Crippen molar-refractivity contribution in [3.8, 4) is 11.3 Å². The van der Waals surface area contributed by atoms with Crippen LogP contribution in [0, 0.1) is 20.4 Å². The fourth-order valence-corrected chi connectivity index (χ4v) is 3.63. The average Bonchev–Trinajstić information content (AvgIpc) is 3.01. The molecule has 0 bridgehead atoms. The predicted molar refractivity (Wildman–Crippen MR) is 110 cm³/mol.